The summed E-state index contributed by atoms with van der Waals surface area (Å²) in [5.41, 5.74) is 5.94. The number of carboxylic acid groups (broad SMARTS) is 1. The number of halogens is 1. The lowest BCUT2D eigenvalue weighted by molar-refractivity contribution is 0.0695. The zero-order valence-corrected chi connectivity index (χ0v) is 14.3. The molecule has 26 heavy (non-hydrogen) atoms. The zero-order chi connectivity index (χ0) is 18.6. The van der Waals surface area contributed by atoms with Gasteiger partial charge in [0.1, 0.15) is 11.4 Å². The predicted molar refractivity (Wildman–Crippen MR) is 94.4 cm³/mol. The molecule has 1 aromatic heterocycles. The fraction of sp³-hybridized carbons (Fsp3) is 0.444. The number of anilines is 1. The molecule has 8 heteroatoms. The molecule has 138 valence electrons. The zero-order valence-electron chi connectivity index (χ0n) is 14.3. The largest absolute Gasteiger partial charge is 0.477 e. The van der Waals surface area contributed by atoms with Gasteiger partial charge in [0.25, 0.3) is 0 Å². The molecule has 0 amide bonds. The fourth-order valence-electron chi connectivity index (χ4n) is 3.65. The van der Waals surface area contributed by atoms with Crippen molar-refractivity contribution in [2.24, 2.45) is 5.73 Å². The van der Waals surface area contributed by atoms with Crippen LogP contribution in [0.1, 0.15) is 29.2 Å². The molecule has 2 heterocycles. The maximum atomic E-state index is 14.8. The summed E-state index contributed by atoms with van der Waals surface area (Å²) in [4.78, 5) is 25.7. The number of carboxylic acids is 1. The maximum Gasteiger partial charge on any atom is 0.341 e. The number of ether oxygens (including phenoxy) is 1. The molecule has 4 rings (SSSR count). The van der Waals surface area contributed by atoms with E-state index in [2.05, 4.69) is 0 Å². The fourth-order valence-corrected chi connectivity index (χ4v) is 3.65. The van der Waals surface area contributed by atoms with E-state index in [0.29, 0.717) is 24.3 Å². The number of pyridine rings is 1. The molecular weight excluding hydrogens is 341 g/mol. The van der Waals surface area contributed by atoms with Crippen molar-refractivity contribution in [1.29, 1.82) is 0 Å². The van der Waals surface area contributed by atoms with E-state index in [1.807, 2.05) is 0 Å². The van der Waals surface area contributed by atoms with Crippen molar-refractivity contribution in [2.75, 3.05) is 25.1 Å². The average Bonchev–Trinajstić information content (AvgIpc) is 3.37. The molecular formula is C18H20FN3O4. The van der Waals surface area contributed by atoms with Crippen LogP contribution in [0.15, 0.2) is 23.1 Å². The summed E-state index contributed by atoms with van der Waals surface area (Å²) in [6.45, 7) is 0.906. The number of fused-ring (bicyclic) bond motifs is 1. The number of nitrogens with zero attached hydrogens (tertiary/aromatic N) is 2. The molecule has 0 unspecified atom stereocenters. The number of aromatic nitrogens is 1. The standard InChI is InChI=1S/C18H20FN3O4/c1-26-16-8-21(7-13(16)20)15-5-14-10(4-12(15)19)17(23)11(18(24)25)6-22(14)9-2-3-9/h4-6,9,13,16H,2-3,7-8,20H2,1H3,(H,24,25)/t13-,16-/m1/s1. The summed E-state index contributed by atoms with van der Waals surface area (Å²) in [7, 11) is 1.57. The van der Waals surface area contributed by atoms with E-state index in [-0.39, 0.29) is 29.1 Å². The molecule has 1 aromatic carbocycles. The molecule has 1 saturated heterocycles. The van der Waals surface area contributed by atoms with Gasteiger partial charge in [-0.05, 0) is 25.0 Å². The Kier molecular flexibility index (Phi) is 3.96. The van der Waals surface area contributed by atoms with E-state index in [0.717, 1.165) is 18.9 Å². The second-order valence-corrected chi connectivity index (χ2v) is 6.98. The molecule has 7 nitrogen and oxygen atoms in total. The Balaban J connectivity index is 1.89. The van der Waals surface area contributed by atoms with Gasteiger partial charge >= 0.3 is 5.97 Å². The lowest BCUT2D eigenvalue weighted by Gasteiger charge is -2.21. The SMILES string of the molecule is CO[C@@H]1CN(c2cc3c(cc2F)c(=O)c(C(=O)O)cn3C2CC2)C[C@H]1N. The highest BCUT2D eigenvalue weighted by Crippen LogP contribution is 2.38. The van der Waals surface area contributed by atoms with Crippen LogP contribution in [0.2, 0.25) is 0 Å². The van der Waals surface area contributed by atoms with Crippen molar-refractivity contribution in [3.63, 3.8) is 0 Å². The molecule has 0 radical (unpaired) electrons. The van der Waals surface area contributed by atoms with Gasteiger partial charge in [0.2, 0.25) is 5.43 Å². The third kappa shape index (κ3) is 2.65. The first-order valence-corrected chi connectivity index (χ1v) is 8.55. The van der Waals surface area contributed by atoms with E-state index in [4.69, 9.17) is 10.5 Å². The Morgan fingerprint density at radius 1 is 1.35 bits per heavy atom. The lowest BCUT2D eigenvalue weighted by atomic mass is 10.1. The molecule has 2 aromatic rings. The number of carbonyl (C=O) groups is 1. The number of hydrogen-bond acceptors (Lipinski definition) is 5. The molecule has 0 spiro atoms. The van der Waals surface area contributed by atoms with Gasteiger partial charge in [-0.1, -0.05) is 0 Å². The molecule has 3 N–H and O–H groups in total. The highest BCUT2D eigenvalue weighted by atomic mass is 19.1. The van der Waals surface area contributed by atoms with Crippen LogP contribution in [0.3, 0.4) is 0 Å². The van der Waals surface area contributed by atoms with Gasteiger partial charge in [-0.3, -0.25) is 4.79 Å². The Morgan fingerprint density at radius 2 is 2.08 bits per heavy atom. The Morgan fingerprint density at radius 3 is 2.65 bits per heavy atom. The molecule has 2 fully saturated rings. The predicted octanol–water partition coefficient (Wildman–Crippen LogP) is 1.34. The number of benzene rings is 1. The minimum Gasteiger partial charge on any atom is -0.477 e. The second-order valence-electron chi connectivity index (χ2n) is 6.98. The number of hydrogen-bond donors (Lipinski definition) is 2. The summed E-state index contributed by atoms with van der Waals surface area (Å²) in [6, 6.07) is 2.68. The normalized spacial score (nSPS) is 23.0. The van der Waals surface area contributed by atoms with E-state index in [1.54, 1.807) is 22.6 Å². The third-order valence-corrected chi connectivity index (χ3v) is 5.22. The van der Waals surface area contributed by atoms with Crippen LogP contribution in [0, 0.1) is 5.82 Å². The average molecular weight is 361 g/mol. The quantitative estimate of drug-likeness (QED) is 0.853. The summed E-state index contributed by atoms with van der Waals surface area (Å²) >= 11 is 0. The van der Waals surface area contributed by atoms with Crippen molar-refractivity contribution in [2.45, 2.75) is 31.0 Å². The van der Waals surface area contributed by atoms with E-state index >= 15 is 0 Å². The van der Waals surface area contributed by atoms with Gasteiger partial charge in [0.15, 0.2) is 0 Å². The maximum absolute atomic E-state index is 14.8. The highest BCUT2D eigenvalue weighted by Gasteiger charge is 2.33. The Bertz CT molecular complexity index is 954. The van der Waals surface area contributed by atoms with E-state index in [1.165, 1.54) is 6.20 Å². The van der Waals surface area contributed by atoms with Crippen LogP contribution >= 0.6 is 0 Å². The highest BCUT2D eigenvalue weighted by molar-refractivity contribution is 5.93. The monoisotopic (exact) mass is 361 g/mol. The van der Waals surface area contributed by atoms with Crippen molar-refractivity contribution >= 4 is 22.6 Å². The summed E-state index contributed by atoms with van der Waals surface area (Å²) < 4.78 is 21.9. The molecule has 1 aliphatic heterocycles. The first-order chi connectivity index (χ1) is 12.4. The van der Waals surface area contributed by atoms with Crippen LogP contribution in [0.4, 0.5) is 10.1 Å². The van der Waals surface area contributed by atoms with Crippen LogP contribution in [0.5, 0.6) is 0 Å². The lowest BCUT2D eigenvalue weighted by Crippen LogP contribution is -2.34. The molecule has 1 aliphatic carbocycles. The van der Waals surface area contributed by atoms with Crippen LogP contribution in [0.25, 0.3) is 10.9 Å². The first-order valence-electron chi connectivity index (χ1n) is 8.55. The minimum atomic E-state index is -1.30. The summed E-state index contributed by atoms with van der Waals surface area (Å²) in [5, 5.41) is 9.38. The Hall–Kier alpha value is -2.45. The summed E-state index contributed by atoms with van der Waals surface area (Å²) in [6.07, 6.45) is 3.00. The number of nitrogens with two attached hydrogens (primary N) is 1. The van der Waals surface area contributed by atoms with Crippen molar-refractivity contribution in [3.05, 3.63) is 39.9 Å². The van der Waals surface area contributed by atoms with Crippen LogP contribution in [-0.4, -0.2) is 48.0 Å². The number of rotatable bonds is 4. The smallest absolute Gasteiger partial charge is 0.341 e. The molecule has 2 atom stereocenters. The van der Waals surface area contributed by atoms with Gasteiger partial charge in [0, 0.05) is 37.8 Å². The van der Waals surface area contributed by atoms with E-state index < -0.39 is 17.2 Å². The van der Waals surface area contributed by atoms with Gasteiger partial charge < -0.3 is 25.0 Å². The summed E-state index contributed by atoms with van der Waals surface area (Å²) in [5.74, 6) is -1.87. The van der Waals surface area contributed by atoms with Crippen molar-refractivity contribution < 1.29 is 19.0 Å². The van der Waals surface area contributed by atoms with Gasteiger partial charge in [-0.15, -0.1) is 0 Å². The minimum absolute atomic E-state index is 0.0878. The van der Waals surface area contributed by atoms with Crippen molar-refractivity contribution in [1.82, 2.24) is 4.57 Å². The Labute approximate surface area is 148 Å². The first kappa shape index (κ1) is 17.0. The van der Waals surface area contributed by atoms with E-state index in [9.17, 15) is 19.1 Å². The third-order valence-electron chi connectivity index (χ3n) is 5.22. The number of aromatic carboxylic acids is 1. The van der Waals surface area contributed by atoms with Crippen molar-refractivity contribution in [3.8, 4) is 0 Å². The molecule has 1 saturated carbocycles. The van der Waals surface area contributed by atoms with Gasteiger partial charge in [-0.25, -0.2) is 9.18 Å². The van der Waals surface area contributed by atoms with Crippen LogP contribution in [-0.2, 0) is 4.74 Å². The topological polar surface area (TPSA) is 97.8 Å². The van der Waals surface area contributed by atoms with Gasteiger partial charge in [0.05, 0.1) is 23.3 Å². The molecule has 0 bridgehead atoms. The number of methoxy groups -OCH3 is 1. The molecule has 2 aliphatic rings. The van der Waals surface area contributed by atoms with Crippen LogP contribution < -0.4 is 16.1 Å². The second kappa shape index (κ2) is 6.07. The van der Waals surface area contributed by atoms with Gasteiger partial charge in [-0.2, -0.15) is 0 Å².